The van der Waals surface area contributed by atoms with Crippen molar-refractivity contribution in [2.45, 2.75) is 18.9 Å². The second-order valence-corrected chi connectivity index (χ2v) is 5.96. The van der Waals surface area contributed by atoms with Crippen LogP contribution in [0.5, 0.6) is 17.2 Å². The lowest BCUT2D eigenvalue weighted by atomic mass is 9.97. The fraction of sp³-hybridized carbons (Fsp3) is 0.316. The van der Waals surface area contributed by atoms with E-state index in [0.29, 0.717) is 12.7 Å². The molecule has 0 radical (unpaired) electrons. The number of hydrogen-bond acceptors (Lipinski definition) is 5. The van der Waals surface area contributed by atoms with Gasteiger partial charge >= 0.3 is 0 Å². The fourth-order valence-corrected chi connectivity index (χ4v) is 3.10. The Hall–Kier alpha value is -2.53. The van der Waals surface area contributed by atoms with Gasteiger partial charge in [-0.1, -0.05) is 6.07 Å². The molecule has 0 aromatic heterocycles. The molecule has 1 N–H and O–H groups in total. The molecule has 0 bridgehead atoms. The van der Waals surface area contributed by atoms with E-state index >= 15 is 0 Å². The second kappa shape index (κ2) is 6.53. The van der Waals surface area contributed by atoms with E-state index < -0.39 is 0 Å². The lowest BCUT2D eigenvalue weighted by Crippen LogP contribution is -2.17. The average Bonchev–Trinajstić information content (AvgIpc) is 3.24. The predicted molar refractivity (Wildman–Crippen MR) is 92.8 cm³/mol. The summed E-state index contributed by atoms with van der Waals surface area (Å²) in [5.41, 5.74) is 3.50. The number of methoxy groups -OCH3 is 1. The molecule has 0 saturated carbocycles. The summed E-state index contributed by atoms with van der Waals surface area (Å²) in [7, 11) is 1.69. The highest BCUT2D eigenvalue weighted by atomic mass is 16.7. The molecule has 2 aromatic rings. The van der Waals surface area contributed by atoms with Gasteiger partial charge in [-0.15, -0.1) is 0 Å². The van der Waals surface area contributed by atoms with Crippen LogP contribution < -0.4 is 19.5 Å². The standard InChI is InChI=1S/C19H20N2O3/c1-22-15-3-4-17-16(9-15)14(11-21-17)6-7-20-10-13-2-5-18-19(8-13)24-12-23-18/h2-5,8-9,11,14,20H,6-7,10,12H2,1H3/t14-/m0/s1. The maximum absolute atomic E-state index is 5.41. The molecule has 0 spiro atoms. The van der Waals surface area contributed by atoms with Gasteiger partial charge in [0.2, 0.25) is 6.79 Å². The third kappa shape index (κ3) is 2.95. The normalized spacial score (nSPS) is 17.1. The lowest BCUT2D eigenvalue weighted by Gasteiger charge is -2.11. The summed E-state index contributed by atoms with van der Waals surface area (Å²) in [6, 6.07) is 12.1. The Bertz CT molecular complexity index is 773. The van der Waals surface area contributed by atoms with Gasteiger partial charge in [0.1, 0.15) is 5.75 Å². The minimum Gasteiger partial charge on any atom is -0.497 e. The van der Waals surface area contributed by atoms with Crippen molar-refractivity contribution in [3.63, 3.8) is 0 Å². The smallest absolute Gasteiger partial charge is 0.231 e. The number of fused-ring (bicyclic) bond motifs is 2. The van der Waals surface area contributed by atoms with E-state index in [1.807, 2.05) is 30.5 Å². The van der Waals surface area contributed by atoms with E-state index in [1.54, 1.807) is 7.11 Å². The van der Waals surface area contributed by atoms with Crippen molar-refractivity contribution in [1.82, 2.24) is 5.32 Å². The maximum atomic E-state index is 5.41. The van der Waals surface area contributed by atoms with Gasteiger partial charge in [-0.2, -0.15) is 0 Å². The Morgan fingerprint density at radius 1 is 1.17 bits per heavy atom. The van der Waals surface area contributed by atoms with E-state index in [1.165, 1.54) is 11.1 Å². The lowest BCUT2D eigenvalue weighted by molar-refractivity contribution is 0.174. The summed E-state index contributed by atoms with van der Waals surface area (Å²) in [4.78, 5) is 4.49. The molecule has 0 aliphatic carbocycles. The number of nitrogens with one attached hydrogen (secondary N) is 1. The first-order valence-electron chi connectivity index (χ1n) is 8.15. The Balaban J connectivity index is 1.30. The molecule has 5 nitrogen and oxygen atoms in total. The van der Waals surface area contributed by atoms with E-state index in [2.05, 4.69) is 22.4 Å². The largest absolute Gasteiger partial charge is 0.497 e. The maximum Gasteiger partial charge on any atom is 0.231 e. The zero-order valence-electron chi connectivity index (χ0n) is 13.6. The van der Waals surface area contributed by atoms with E-state index in [4.69, 9.17) is 14.2 Å². The van der Waals surface area contributed by atoms with Gasteiger partial charge in [-0.25, -0.2) is 0 Å². The molecular weight excluding hydrogens is 304 g/mol. The monoisotopic (exact) mass is 324 g/mol. The van der Waals surface area contributed by atoms with Crippen LogP contribution in [0.15, 0.2) is 41.4 Å². The van der Waals surface area contributed by atoms with Crippen LogP contribution in [-0.2, 0) is 6.54 Å². The number of hydrogen-bond donors (Lipinski definition) is 1. The van der Waals surface area contributed by atoms with Crippen LogP contribution in [0, 0.1) is 0 Å². The van der Waals surface area contributed by atoms with Gasteiger partial charge in [0.05, 0.1) is 12.8 Å². The first-order chi connectivity index (χ1) is 11.8. The third-order valence-electron chi connectivity index (χ3n) is 4.43. The summed E-state index contributed by atoms with van der Waals surface area (Å²) in [5.74, 6) is 2.89. The van der Waals surface area contributed by atoms with Crippen molar-refractivity contribution in [3.05, 3.63) is 47.5 Å². The zero-order chi connectivity index (χ0) is 16.4. The van der Waals surface area contributed by atoms with Gasteiger partial charge in [0.25, 0.3) is 0 Å². The molecule has 0 unspecified atom stereocenters. The molecule has 2 aromatic carbocycles. The predicted octanol–water partition coefficient (Wildman–Crippen LogP) is 3.40. The van der Waals surface area contributed by atoms with Gasteiger partial charge < -0.3 is 19.5 Å². The number of rotatable bonds is 6. The van der Waals surface area contributed by atoms with Crippen molar-refractivity contribution < 1.29 is 14.2 Å². The van der Waals surface area contributed by atoms with Crippen LogP contribution in [0.2, 0.25) is 0 Å². The van der Waals surface area contributed by atoms with Gasteiger partial charge in [0.15, 0.2) is 11.5 Å². The second-order valence-electron chi connectivity index (χ2n) is 5.96. The van der Waals surface area contributed by atoms with Crippen LogP contribution in [0.3, 0.4) is 0 Å². The third-order valence-corrected chi connectivity index (χ3v) is 4.43. The van der Waals surface area contributed by atoms with Gasteiger partial charge in [-0.3, -0.25) is 4.99 Å². The quantitative estimate of drug-likeness (QED) is 0.828. The first-order valence-corrected chi connectivity index (χ1v) is 8.15. The summed E-state index contributed by atoms with van der Waals surface area (Å²) in [6.45, 7) is 2.04. The number of ether oxygens (including phenoxy) is 3. The highest BCUT2D eigenvalue weighted by molar-refractivity contribution is 5.81. The van der Waals surface area contributed by atoms with Crippen molar-refractivity contribution in [2.24, 2.45) is 4.99 Å². The molecular formula is C19H20N2O3. The van der Waals surface area contributed by atoms with Crippen molar-refractivity contribution in [2.75, 3.05) is 20.4 Å². The molecule has 2 aliphatic heterocycles. The minimum atomic E-state index is 0.316. The first kappa shape index (κ1) is 15.0. The number of aliphatic imine (C=N–C) groups is 1. The fourth-order valence-electron chi connectivity index (χ4n) is 3.10. The van der Waals surface area contributed by atoms with Crippen LogP contribution in [0.1, 0.15) is 23.5 Å². The summed E-state index contributed by atoms with van der Waals surface area (Å²) >= 11 is 0. The molecule has 0 amide bonds. The minimum absolute atomic E-state index is 0.316. The molecule has 1 atom stereocenters. The van der Waals surface area contributed by atoms with Crippen molar-refractivity contribution in [1.29, 1.82) is 0 Å². The molecule has 124 valence electrons. The number of benzene rings is 2. The number of nitrogens with zero attached hydrogens (tertiary/aromatic N) is 1. The van der Waals surface area contributed by atoms with Crippen LogP contribution in [-0.4, -0.2) is 26.7 Å². The van der Waals surface area contributed by atoms with Gasteiger partial charge in [-0.05, 0) is 54.4 Å². The molecule has 0 saturated heterocycles. The Morgan fingerprint density at radius 3 is 3.00 bits per heavy atom. The highest BCUT2D eigenvalue weighted by Crippen LogP contribution is 2.36. The Morgan fingerprint density at radius 2 is 2.08 bits per heavy atom. The molecule has 5 heteroatoms. The van der Waals surface area contributed by atoms with Crippen molar-refractivity contribution >= 4 is 11.9 Å². The highest BCUT2D eigenvalue weighted by Gasteiger charge is 2.19. The van der Waals surface area contributed by atoms with E-state index in [-0.39, 0.29) is 0 Å². The average molecular weight is 324 g/mol. The topological polar surface area (TPSA) is 52.1 Å². The molecule has 0 fully saturated rings. The van der Waals surface area contributed by atoms with Crippen LogP contribution in [0.4, 0.5) is 5.69 Å². The van der Waals surface area contributed by atoms with Gasteiger partial charge in [0, 0.05) is 18.7 Å². The summed E-state index contributed by atoms with van der Waals surface area (Å²) in [6.07, 6.45) is 3.04. The Labute approximate surface area is 141 Å². The summed E-state index contributed by atoms with van der Waals surface area (Å²) in [5, 5.41) is 3.49. The zero-order valence-corrected chi connectivity index (χ0v) is 13.6. The summed E-state index contributed by atoms with van der Waals surface area (Å²) < 4.78 is 16.1. The molecule has 2 aliphatic rings. The van der Waals surface area contributed by atoms with Crippen LogP contribution in [0.25, 0.3) is 0 Å². The molecule has 24 heavy (non-hydrogen) atoms. The van der Waals surface area contributed by atoms with E-state index in [0.717, 1.165) is 42.4 Å². The molecule has 4 rings (SSSR count). The van der Waals surface area contributed by atoms with Crippen LogP contribution >= 0.6 is 0 Å². The Kier molecular flexibility index (Phi) is 4.09. The SMILES string of the molecule is COc1ccc2c(c1)[C@@H](CCNCc1ccc3c(c1)OCO3)C=N2. The van der Waals surface area contributed by atoms with Crippen molar-refractivity contribution in [3.8, 4) is 17.2 Å². The van der Waals surface area contributed by atoms with E-state index in [9.17, 15) is 0 Å². The molecule has 2 heterocycles.